The lowest BCUT2D eigenvalue weighted by atomic mass is 10.2. The predicted molar refractivity (Wildman–Crippen MR) is 93.9 cm³/mol. The largest absolute Gasteiger partial charge is 0.353 e. The second-order valence-electron chi connectivity index (χ2n) is 6.19. The van der Waals surface area contributed by atoms with Crippen LogP contribution in [0.25, 0.3) is 10.3 Å². The number of rotatable bonds is 4. The summed E-state index contributed by atoms with van der Waals surface area (Å²) >= 11 is 1.63. The van der Waals surface area contributed by atoms with E-state index in [0.717, 1.165) is 41.7 Å². The Bertz CT molecular complexity index is 645. The molecule has 7 heteroatoms. The maximum Gasteiger partial charge on any atom is 0.237 e. The zero-order valence-electron chi connectivity index (χ0n) is 13.8. The van der Waals surface area contributed by atoms with Gasteiger partial charge in [0, 0.05) is 38.4 Å². The maximum absolute atomic E-state index is 12.1. The van der Waals surface area contributed by atoms with Crippen LogP contribution >= 0.6 is 11.3 Å². The van der Waals surface area contributed by atoms with Crippen molar-refractivity contribution in [1.82, 2.24) is 20.2 Å². The van der Waals surface area contributed by atoms with E-state index in [4.69, 9.17) is 0 Å². The molecule has 23 heavy (non-hydrogen) atoms. The van der Waals surface area contributed by atoms with Gasteiger partial charge in [-0.05, 0) is 32.9 Å². The molecule has 0 aliphatic carbocycles. The van der Waals surface area contributed by atoms with Gasteiger partial charge < -0.3 is 10.2 Å². The van der Waals surface area contributed by atoms with Gasteiger partial charge >= 0.3 is 0 Å². The van der Waals surface area contributed by atoms with Crippen LogP contribution in [0.15, 0.2) is 18.3 Å². The van der Waals surface area contributed by atoms with E-state index in [-0.39, 0.29) is 18.0 Å². The molecule has 0 radical (unpaired) electrons. The zero-order valence-corrected chi connectivity index (χ0v) is 14.6. The van der Waals surface area contributed by atoms with Crippen molar-refractivity contribution in [3.8, 4) is 0 Å². The molecule has 1 N–H and O–H groups in total. The number of anilines is 1. The minimum absolute atomic E-state index is 0.0865. The van der Waals surface area contributed by atoms with Crippen LogP contribution in [-0.4, -0.2) is 59.0 Å². The fraction of sp³-hybridized carbons (Fsp3) is 0.562. The standard InChI is InChI=1S/C16H23N5OS/c1-11(2)18-14(22)12(3)20-7-9-21(10-8-20)16-19-13-5-4-6-17-15(13)23-16/h4-6,11-12H,7-10H2,1-3H3,(H,18,22)/t12-/m0/s1. The zero-order chi connectivity index (χ0) is 16.4. The third-order valence-electron chi connectivity index (χ3n) is 4.10. The van der Waals surface area contributed by atoms with Crippen molar-refractivity contribution in [3.05, 3.63) is 18.3 Å². The highest BCUT2D eigenvalue weighted by molar-refractivity contribution is 7.21. The molecule has 1 saturated heterocycles. The van der Waals surface area contributed by atoms with Crippen LogP contribution in [-0.2, 0) is 4.79 Å². The molecule has 1 atom stereocenters. The number of carbonyl (C=O) groups is 1. The number of amides is 1. The van der Waals surface area contributed by atoms with Crippen LogP contribution in [0.3, 0.4) is 0 Å². The summed E-state index contributed by atoms with van der Waals surface area (Å²) in [6, 6.07) is 4.01. The van der Waals surface area contributed by atoms with Gasteiger partial charge in [0.1, 0.15) is 10.3 Å². The predicted octanol–water partition coefficient (Wildman–Crippen LogP) is 1.73. The lowest BCUT2D eigenvalue weighted by Gasteiger charge is -2.37. The maximum atomic E-state index is 12.1. The second kappa shape index (κ2) is 6.80. The molecule has 2 aromatic rings. The summed E-state index contributed by atoms with van der Waals surface area (Å²) in [4.78, 5) is 26.7. The van der Waals surface area contributed by atoms with E-state index in [2.05, 4.69) is 25.1 Å². The van der Waals surface area contributed by atoms with Crippen LogP contribution in [0.4, 0.5) is 5.13 Å². The van der Waals surface area contributed by atoms with E-state index >= 15 is 0 Å². The van der Waals surface area contributed by atoms with E-state index in [0.29, 0.717) is 0 Å². The Morgan fingerprint density at radius 3 is 2.65 bits per heavy atom. The van der Waals surface area contributed by atoms with E-state index in [1.54, 1.807) is 17.5 Å². The average molecular weight is 333 g/mol. The number of pyridine rings is 1. The van der Waals surface area contributed by atoms with Crippen molar-refractivity contribution in [1.29, 1.82) is 0 Å². The van der Waals surface area contributed by atoms with Gasteiger partial charge in [-0.15, -0.1) is 0 Å². The summed E-state index contributed by atoms with van der Waals surface area (Å²) in [6.45, 7) is 9.48. The van der Waals surface area contributed by atoms with Crippen molar-refractivity contribution in [2.24, 2.45) is 0 Å². The highest BCUT2D eigenvalue weighted by Gasteiger charge is 2.26. The van der Waals surface area contributed by atoms with Gasteiger partial charge in [0.2, 0.25) is 5.91 Å². The third kappa shape index (κ3) is 3.61. The summed E-state index contributed by atoms with van der Waals surface area (Å²) in [5, 5.41) is 4.01. The molecule has 124 valence electrons. The number of carbonyl (C=O) groups excluding carboxylic acids is 1. The van der Waals surface area contributed by atoms with Crippen molar-refractivity contribution in [2.75, 3.05) is 31.1 Å². The van der Waals surface area contributed by atoms with Crippen LogP contribution < -0.4 is 10.2 Å². The average Bonchev–Trinajstić information content (AvgIpc) is 2.97. The molecule has 0 aromatic carbocycles. The van der Waals surface area contributed by atoms with Gasteiger partial charge in [-0.3, -0.25) is 9.69 Å². The smallest absolute Gasteiger partial charge is 0.237 e. The SMILES string of the molecule is CC(C)NC(=O)[C@H](C)N1CCN(c2nc3cccnc3s2)CC1. The van der Waals surface area contributed by atoms with E-state index < -0.39 is 0 Å². The Morgan fingerprint density at radius 1 is 1.26 bits per heavy atom. The minimum Gasteiger partial charge on any atom is -0.353 e. The molecule has 2 aromatic heterocycles. The van der Waals surface area contributed by atoms with Gasteiger partial charge in [-0.2, -0.15) is 0 Å². The van der Waals surface area contributed by atoms with Crippen molar-refractivity contribution in [3.63, 3.8) is 0 Å². The highest BCUT2D eigenvalue weighted by Crippen LogP contribution is 2.27. The first-order valence-corrected chi connectivity index (χ1v) is 8.87. The topological polar surface area (TPSA) is 61.4 Å². The van der Waals surface area contributed by atoms with Gasteiger partial charge in [-0.1, -0.05) is 11.3 Å². The van der Waals surface area contributed by atoms with Gasteiger partial charge in [0.15, 0.2) is 5.13 Å². The van der Waals surface area contributed by atoms with Crippen LogP contribution in [0.1, 0.15) is 20.8 Å². The first-order chi connectivity index (χ1) is 11.0. The van der Waals surface area contributed by atoms with Gasteiger partial charge in [0.25, 0.3) is 0 Å². The van der Waals surface area contributed by atoms with Crippen molar-refractivity contribution < 1.29 is 4.79 Å². The van der Waals surface area contributed by atoms with E-state index in [1.165, 1.54) is 0 Å². The number of nitrogens with one attached hydrogen (secondary N) is 1. The number of hydrogen-bond donors (Lipinski definition) is 1. The molecule has 1 amide bonds. The second-order valence-corrected chi connectivity index (χ2v) is 7.14. The summed E-state index contributed by atoms with van der Waals surface area (Å²) in [5.74, 6) is 0.109. The molecule has 1 fully saturated rings. The Balaban J connectivity index is 1.60. The fourth-order valence-electron chi connectivity index (χ4n) is 2.77. The Morgan fingerprint density at radius 2 is 2.00 bits per heavy atom. The molecule has 0 unspecified atom stereocenters. The molecule has 1 aliphatic heterocycles. The molecule has 6 nitrogen and oxygen atoms in total. The molecule has 3 rings (SSSR count). The van der Waals surface area contributed by atoms with E-state index in [1.807, 2.05) is 32.9 Å². The molecule has 0 bridgehead atoms. The van der Waals surface area contributed by atoms with Gasteiger partial charge in [-0.25, -0.2) is 9.97 Å². The molecule has 3 heterocycles. The quantitative estimate of drug-likeness (QED) is 0.923. The van der Waals surface area contributed by atoms with Crippen molar-refractivity contribution in [2.45, 2.75) is 32.9 Å². The molecule has 0 spiro atoms. The highest BCUT2D eigenvalue weighted by atomic mass is 32.1. The summed E-state index contributed by atoms with van der Waals surface area (Å²) in [5.41, 5.74) is 0.958. The van der Waals surface area contributed by atoms with Crippen LogP contribution in [0.2, 0.25) is 0 Å². The summed E-state index contributed by atoms with van der Waals surface area (Å²) in [7, 11) is 0. The normalized spacial score (nSPS) is 17.7. The fourth-order valence-corrected chi connectivity index (χ4v) is 3.73. The van der Waals surface area contributed by atoms with Crippen LogP contribution in [0, 0.1) is 0 Å². The minimum atomic E-state index is -0.0865. The number of piperazine rings is 1. The number of aromatic nitrogens is 2. The Hall–Kier alpha value is -1.73. The summed E-state index contributed by atoms with van der Waals surface area (Å²) < 4.78 is 0. The Kier molecular flexibility index (Phi) is 4.77. The first-order valence-electron chi connectivity index (χ1n) is 8.05. The molecule has 1 aliphatic rings. The van der Waals surface area contributed by atoms with Crippen LogP contribution in [0.5, 0.6) is 0 Å². The number of fused-ring (bicyclic) bond motifs is 1. The first kappa shape index (κ1) is 16.1. The monoisotopic (exact) mass is 333 g/mol. The lowest BCUT2D eigenvalue weighted by molar-refractivity contribution is -0.126. The van der Waals surface area contributed by atoms with Crippen molar-refractivity contribution >= 4 is 32.7 Å². The third-order valence-corrected chi connectivity index (χ3v) is 5.14. The van der Waals surface area contributed by atoms with Gasteiger partial charge in [0.05, 0.1) is 6.04 Å². The number of nitrogens with zero attached hydrogens (tertiary/aromatic N) is 4. The molecular weight excluding hydrogens is 310 g/mol. The van der Waals surface area contributed by atoms with E-state index in [9.17, 15) is 4.79 Å². The molecule has 0 saturated carbocycles. The molecular formula is C16H23N5OS. The number of hydrogen-bond acceptors (Lipinski definition) is 6. The summed E-state index contributed by atoms with van der Waals surface area (Å²) in [6.07, 6.45) is 1.80. The Labute approximate surface area is 140 Å². The lowest BCUT2D eigenvalue weighted by Crippen LogP contribution is -2.54. The number of thiazole rings is 1.